The van der Waals surface area contributed by atoms with E-state index in [4.69, 9.17) is 0 Å². The van der Waals surface area contributed by atoms with Crippen LogP contribution in [0, 0.1) is 0 Å². The molecule has 1 aliphatic rings. The van der Waals surface area contributed by atoms with Crippen LogP contribution in [0.25, 0.3) is 0 Å². The summed E-state index contributed by atoms with van der Waals surface area (Å²) in [5.41, 5.74) is 0.802. The lowest BCUT2D eigenvalue weighted by molar-refractivity contribution is 0.0988. The minimum atomic E-state index is 0.172. The summed E-state index contributed by atoms with van der Waals surface area (Å²) >= 11 is 8.58. The summed E-state index contributed by atoms with van der Waals surface area (Å²) in [7, 11) is 0. The zero-order valence-electron chi connectivity index (χ0n) is 8.00. The first kappa shape index (κ1) is 11.7. The maximum Gasteiger partial charge on any atom is 0.175 e. The van der Waals surface area contributed by atoms with Gasteiger partial charge in [0.1, 0.15) is 0 Å². The molecule has 15 heavy (non-hydrogen) atoms. The van der Waals surface area contributed by atoms with Gasteiger partial charge in [-0.1, -0.05) is 31.9 Å². The van der Waals surface area contributed by atoms with Gasteiger partial charge in [0.25, 0.3) is 0 Å². The Hall–Kier alpha value is 0.200. The minimum absolute atomic E-state index is 0.172. The quantitative estimate of drug-likeness (QED) is 0.741. The van der Waals surface area contributed by atoms with E-state index >= 15 is 0 Å². The van der Waals surface area contributed by atoms with Gasteiger partial charge in [-0.2, -0.15) is 11.8 Å². The van der Waals surface area contributed by atoms with Crippen LogP contribution < -0.4 is 0 Å². The average molecular weight is 350 g/mol. The molecule has 80 valence electrons. The Morgan fingerprint density at radius 1 is 1.27 bits per heavy atom. The summed E-state index contributed by atoms with van der Waals surface area (Å²) in [6.07, 6.45) is 2.18. The molecule has 1 aromatic carbocycles. The van der Waals surface area contributed by atoms with Crippen molar-refractivity contribution in [2.45, 2.75) is 18.1 Å². The van der Waals surface area contributed by atoms with Crippen molar-refractivity contribution >= 4 is 49.4 Å². The second kappa shape index (κ2) is 5.02. The Balaban J connectivity index is 2.24. The van der Waals surface area contributed by atoms with E-state index < -0.39 is 0 Å². The van der Waals surface area contributed by atoms with Gasteiger partial charge in [0.15, 0.2) is 5.78 Å². The van der Waals surface area contributed by atoms with Crippen LogP contribution in [0.4, 0.5) is 0 Å². The summed E-state index contributed by atoms with van der Waals surface area (Å²) in [5, 5.41) is 0.172. The first-order valence-corrected chi connectivity index (χ1v) is 7.42. The van der Waals surface area contributed by atoms with Crippen LogP contribution in [0.3, 0.4) is 0 Å². The highest BCUT2D eigenvalue weighted by Gasteiger charge is 2.24. The zero-order chi connectivity index (χ0) is 10.8. The van der Waals surface area contributed by atoms with Crippen molar-refractivity contribution in [2.24, 2.45) is 0 Å². The molecule has 0 radical (unpaired) electrons. The van der Waals surface area contributed by atoms with E-state index in [-0.39, 0.29) is 11.0 Å². The van der Waals surface area contributed by atoms with Crippen molar-refractivity contribution in [1.82, 2.24) is 0 Å². The standard InChI is InChI=1S/C11H10Br2OS/c12-8-4-7(5-9(13)6-8)11(14)10-2-1-3-15-10/h4-6,10H,1-3H2. The van der Waals surface area contributed by atoms with Crippen LogP contribution in [-0.4, -0.2) is 16.8 Å². The Morgan fingerprint density at radius 2 is 1.93 bits per heavy atom. The molecule has 0 saturated carbocycles. The average Bonchev–Trinajstić information content (AvgIpc) is 2.67. The van der Waals surface area contributed by atoms with Crippen molar-refractivity contribution in [3.8, 4) is 0 Å². The second-order valence-corrected chi connectivity index (χ2v) is 6.67. The normalized spacial score (nSPS) is 20.5. The van der Waals surface area contributed by atoms with Crippen LogP contribution in [0.1, 0.15) is 23.2 Å². The van der Waals surface area contributed by atoms with Crippen molar-refractivity contribution in [2.75, 3.05) is 5.75 Å². The minimum Gasteiger partial charge on any atom is -0.293 e. The smallest absolute Gasteiger partial charge is 0.175 e. The van der Waals surface area contributed by atoms with Gasteiger partial charge in [-0.15, -0.1) is 0 Å². The molecule has 0 aliphatic carbocycles. The molecule has 1 atom stereocenters. The second-order valence-electron chi connectivity index (χ2n) is 3.52. The fourth-order valence-electron chi connectivity index (χ4n) is 1.67. The number of Topliss-reactive ketones (excluding diaryl/α,β-unsaturated/α-hetero) is 1. The highest BCUT2D eigenvalue weighted by Crippen LogP contribution is 2.30. The molecule has 1 unspecified atom stereocenters. The predicted molar refractivity (Wildman–Crippen MR) is 71.7 cm³/mol. The SMILES string of the molecule is O=C(c1cc(Br)cc(Br)c1)C1CCCS1. The van der Waals surface area contributed by atoms with Crippen LogP contribution in [0.15, 0.2) is 27.1 Å². The van der Waals surface area contributed by atoms with Crippen molar-refractivity contribution in [3.05, 3.63) is 32.7 Å². The summed E-state index contributed by atoms with van der Waals surface area (Å²) < 4.78 is 1.89. The Labute approximate surface area is 110 Å². The largest absolute Gasteiger partial charge is 0.293 e. The van der Waals surface area contributed by atoms with Crippen LogP contribution in [-0.2, 0) is 0 Å². The highest BCUT2D eigenvalue weighted by molar-refractivity contribution is 9.11. The monoisotopic (exact) mass is 348 g/mol. The first-order chi connectivity index (χ1) is 7.16. The number of hydrogen-bond donors (Lipinski definition) is 0. The molecule has 0 amide bonds. The third-order valence-corrected chi connectivity index (χ3v) is 4.66. The highest BCUT2D eigenvalue weighted by atomic mass is 79.9. The molecular weight excluding hydrogens is 340 g/mol. The molecule has 1 aromatic rings. The molecule has 1 nitrogen and oxygen atoms in total. The number of carbonyl (C=O) groups is 1. The fraction of sp³-hybridized carbons (Fsp3) is 0.364. The molecule has 1 heterocycles. The van der Waals surface area contributed by atoms with Gasteiger partial charge in [-0.05, 0) is 36.8 Å². The maximum absolute atomic E-state index is 12.1. The molecule has 1 aliphatic heterocycles. The van der Waals surface area contributed by atoms with E-state index in [1.165, 1.54) is 0 Å². The third kappa shape index (κ3) is 2.86. The van der Waals surface area contributed by atoms with E-state index in [0.29, 0.717) is 0 Å². The van der Waals surface area contributed by atoms with Crippen molar-refractivity contribution in [3.63, 3.8) is 0 Å². The maximum atomic E-state index is 12.1. The van der Waals surface area contributed by atoms with Gasteiger partial charge >= 0.3 is 0 Å². The van der Waals surface area contributed by atoms with Gasteiger partial charge in [-0.3, -0.25) is 4.79 Å². The molecule has 0 aromatic heterocycles. The lowest BCUT2D eigenvalue weighted by atomic mass is 10.1. The number of benzene rings is 1. The van der Waals surface area contributed by atoms with Crippen molar-refractivity contribution < 1.29 is 4.79 Å². The topological polar surface area (TPSA) is 17.1 Å². The molecule has 2 rings (SSSR count). The molecule has 0 N–H and O–H groups in total. The zero-order valence-corrected chi connectivity index (χ0v) is 12.0. The molecular formula is C11H10Br2OS. The lowest BCUT2D eigenvalue weighted by Gasteiger charge is -2.08. The Bertz CT molecular complexity index is 366. The van der Waals surface area contributed by atoms with E-state index in [9.17, 15) is 4.79 Å². The number of thioether (sulfide) groups is 1. The summed E-state index contributed by atoms with van der Waals surface area (Å²) in [5.74, 6) is 1.38. The molecule has 4 heteroatoms. The molecule has 0 spiro atoms. The lowest BCUT2D eigenvalue weighted by Crippen LogP contribution is -2.13. The number of hydrogen-bond acceptors (Lipinski definition) is 2. The summed E-state index contributed by atoms with van der Waals surface area (Å²) in [6, 6.07) is 5.73. The van der Waals surface area contributed by atoms with Gasteiger partial charge in [0.05, 0.1) is 5.25 Å². The van der Waals surface area contributed by atoms with Gasteiger partial charge in [0, 0.05) is 14.5 Å². The van der Waals surface area contributed by atoms with Gasteiger partial charge < -0.3 is 0 Å². The fourth-order valence-corrected chi connectivity index (χ4v) is 4.20. The van der Waals surface area contributed by atoms with Crippen LogP contribution in [0.2, 0.25) is 0 Å². The van der Waals surface area contributed by atoms with E-state index in [1.807, 2.05) is 18.2 Å². The number of halogens is 2. The number of rotatable bonds is 2. The van der Waals surface area contributed by atoms with Crippen molar-refractivity contribution in [1.29, 1.82) is 0 Å². The van der Waals surface area contributed by atoms with Gasteiger partial charge in [0.2, 0.25) is 0 Å². The summed E-state index contributed by atoms with van der Waals surface area (Å²) in [6.45, 7) is 0. The first-order valence-electron chi connectivity index (χ1n) is 4.79. The number of ketones is 1. The van der Waals surface area contributed by atoms with E-state index in [1.54, 1.807) is 11.8 Å². The van der Waals surface area contributed by atoms with Crippen LogP contribution in [0.5, 0.6) is 0 Å². The van der Waals surface area contributed by atoms with E-state index in [2.05, 4.69) is 31.9 Å². The predicted octanol–water partition coefficient (Wildman–Crippen LogP) is 4.29. The van der Waals surface area contributed by atoms with Crippen LogP contribution >= 0.6 is 43.6 Å². The Morgan fingerprint density at radius 3 is 2.47 bits per heavy atom. The molecule has 1 saturated heterocycles. The molecule has 0 bridgehead atoms. The number of carbonyl (C=O) groups excluding carboxylic acids is 1. The Kier molecular flexibility index (Phi) is 3.91. The van der Waals surface area contributed by atoms with Gasteiger partial charge in [-0.25, -0.2) is 0 Å². The third-order valence-electron chi connectivity index (χ3n) is 2.37. The van der Waals surface area contributed by atoms with E-state index in [0.717, 1.165) is 33.1 Å². The molecule has 1 fully saturated rings. The summed E-state index contributed by atoms with van der Waals surface area (Å²) in [4.78, 5) is 12.1.